The number of thiocarbonyl (C=S) groups is 1. The Bertz CT molecular complexity index is 1470. The summed E-state index contributed by atoms with van der Waals surface area (Å²) in [6, 6.07) is 19.5. The highest BCUT2D eigenvalue weighted by atomic mass is 32.1. The fraction of sp³-hybridized carbons (Fsp3) is 0.241. The van der Waals surface area contributed by atoms with Crippen LogP contribution < -0.4 is 15.5 Å². The van der Waals surface area contributed by atoms with Gasteiger partial charge in [-0.1, -0.05) is 12.1 Å². The first-order valence-electron chi connectivity index (χ1n) is 12.4. The number of amides is 1. The molecule has 38 heavy (non-hydrogen) atoms. The molecule has 194 valence electrons. The molecule has 0 saturated carbocycles. The quantitative estimate of drug-likeness (QED) is 0.330. The topological polar surface area (TPSA) is 84.3 Å². The number of carbonyl (C=O) groups excluding carboxylic acids is 1. The molecule has 0 radical (unpaired) electrons. The predicted octanol–water partition coefficient (Wildman–Crippen LogP) is 4.95. The molecule has 4 heterocycles. The van der Waals surface area contributed by atoms with Crippen LogP contribution in [0.3, 0.4) is 0 Å². The van der Waals surface area contributed by atoms with Gasteiger partial charge >= 0.3 is 0 Å². The first-order valence-corrected chi connectivity index (χ1v) is 12.8. The van der Waals surface area contributed by atoms with E-state index in [4.69, 9.17) is 17.0 Å². The number of nitrogens with zero attached hydrogens (tertiary/aromatic N) is 4. The Balaban J connectivity index is 1.59. The van der Waals surface area contributed by atoms with Gasteiger partial charge < -0.3 is 24.8 Å². The van der Waals surface area contributed by atoms with Crippen LogP contribution in [0, 0.1) is 20.8 Å². The largest absolute Gasteiger partial charge is 0.375 e. The highest BCUT2D eigenvalue weighted by Crippen LogP contribution is 2.44. The maximum Gasteiger partial charge on any atom is 0.250 e. The Labute approximate surface area is 227 Å². The molecule has 3 aromatic heterocycles. The van der Waals surface area contributed by atoms with Crippen LogP contribution in [-0.2, 0) is 9.53 Å². The van der Waals surface area contributed by atoms with Gasteiger partial charge in [0.25, 0.3) is 0 Å². The van der Waals surface area contributed by atoms with Crippen LogP contribution in [0.25, 0.3) is 5.82 Å². The maximum atomic E-state index is 12.0. The molecule has 1 fully saturated rings. The first kappa shape index (κ1) is 25.6. The van der Waals surface area contributed by atoms with E-state index in [9.17, 15) is 4.79 Å². The number of pyridine rings is 2. The van der Waals surface area contributed by atoms with E-state index in [1.807, 2.05) is 54.7 Å². The van der Waals surface area contributed by atoms with E-state index in [2.05, 4.69) is 63.0 Å². The molecule has 0 bridgehead atoms. The van der Waals surface area contributed by atoms with Crippen molar-refractivity contribution in [3.8, 4) is 5.82 Å². The minimum absolute atomic E-state index is 0.00107. The van der Waals surface area contributed by atoms with E-state index in [0.717, 1.165) is 39.7 Å². The minimum Gasteiger partial charge on any atom is -0.375 e. The number of aryl methyl sites for hydroxylation is 2. The van der Waals surface area contributed by atoms with Gasteiger partial charge in [0.05, 0.1) is 17.8 Å². The van der Waals surface area contributed by atoms with Crippen molar-refractivity contribution >= 4 is 34.6 Å². The summed E-state index contributed by atoms with van der Waals surface area (Å²) in [6.07, 6.45) is 3.63. The lowest BCUT2D eigenvalue weighted by molar-refractivity contribution is -0.119. The number of methoxy groups -OCH3 is 1. The summed E-state index contributed by atoms with van der Waals surface area (Å²) in [5.41, 5.74) is 6.93. The number of benzene rings is 1. The number of ether oxygens (including phenoxy) is 1. The highest BCUT2D eigenvalue weighted by Gasteiger charge is 2.42. The van der Waals surface area contributed by atoms with E-state index in [1.54, 1.807) is 6.20 Å². The average Bonchev–Trinajstić information content (AvgIpc) is 3.40. The van der Waals surface area contributed by atoms with Crippen molar-refractivity contribution in [3.63, 3.8) is 0 Å². The summed E-state index contributed by atoms with van der Waals surface area (Å²) in [6.45, 7) is 6.30. The number of hydrogen-bond donors (Lipinski definition) is 2. The molecular formula is C29H30N6O2S. The number of carbonyl (C=O) groups is 1. The summed E-state index contributed by atoms with van der Waals surface area (Å²) in [7, 11) is 1.49. The molecule has 0 aliphatic carbocycles. The third-order valence-corrected chi connectivity index (χ3v) is 7.10. The first-order chi connectivity index (χ1) is 18.4. The summed E-state index contributed by atoms with van der Waals surface area (Å²) >= 11 is 5.89. The lowest BCUT2D eigenvalue weighted by Gasteiger charge is -2.28. The van der Waals surface area contributed by atoms with Crippen molar-refractivity contribution in [2.24, 2.45) is 0 Å². The second kappa shape index (κ2) is 10.7. The van der Waals surface area contributed by atoms with Gasteiger partial charge in [0.15, 0.2) is 5.11 Å². The molecule has 9 heteroatoms. The van der Waals surface area contributed by atoms with E-state index in [1.165, 1.54) is 7.11 Å². The molecule has 1 amide bonds. The van der Waals surface area contributed by atoms with Crippen molar-refractivity contribution in [1.29, 1.82) is 0 Å². The van der Waals surface area contributed by atoms with Gasteiger partial charge in [0.2, 0.25) is 5.91 Å². The van der Waals surface area contributed by atoms with E-state index in [-0.39, 0.29) is 24.6 Å². The summed E-state index contributed by atoms with van der Waals surface area (Å²) in [5.74, 6) is 0.711. The van der Waals surface area contributed by atoms with Crippen LogP contribution in [0.1, 0.15) is 40.3 Å². The molecule has 2 N–H and O–H groups in total. The van der Waals surface area contributed by atoms with Gasteiger partial charge in [0.1, 0.15) is 12.4 Å². The SMILES string of the molecule is COCC(=O)Nc1ccc(N2C(=S)N[C@H](c3ccccn3)[C@H]2c2cc(C)n(-c3ncccc3C)c2C)cc1. The van der Waals surface area contributed by atoms with Gasteiger partial charge in [-0.15, -0.1) is 0 Å². The third kappa shape index (κ3) is 4.78. The van der Waals surface area contributed by atoms with Gasteiger partial charge in [-0.25, -0.2) is 4.98 Å². The van der Waals surface area contributed by atoms with E-state index < -0.39 is 0 Å². The van der Waals surface area contributed by atoms with Gasteiger partial charge in [-0.2, -0.15) is 0 Å². The fourth-order valence-electron chi connectivity index (χ4n) is 5.11. The van der Waals surface area contributed by atoms with Crippen LogP contribution in [0.4, 0.5) is 11.4 Å². The Kier molecular flexibility index (Phi) is 7.22. The van der Waals surface area contributed by atoms with Crippen molar-refractivity contribution < 1.29 is 9.53 Å². The summed E-state index contributed by atoms with van der Waals surface area (Å²) in [5, 5.41) is 6.97. The molecule has 2 atom stereocenters. The molecule has 8 nitrogen and oxygen atoms in total. The van der Waals surface area contributed by atoms with Crippen molar-refractivity contribution in [1.82, 2.24) is 19.9 Å². The summed E-state index contributed by atoms with van der Waals surface area (Å²) < 4.78 is 7.12. The number of anilines is 2. The fourth-order valence-corrected chi connectivity index (χ4v) is 5.45. The lowest BCUT2D eigenvalue weighted by atomic mass is 9.96. The van der Waals surface area contributed by atoms with Crippen LogP contribution >= 0.6 is 12.2 Å². The van der Waals surface area contributed by atoms with E-state index >= 15 is 0 Å². The number of aromatic nitrogens is 3. The van der Waals surface area contributed by atoms with Crippen LogP contribution in [0.2, 0.25) is 0 Å². The molecule has 1 saturated heterocycles. The van der Waals surface area contributed by atoms with Crippen LogP contribution in [0.5, 0.6) is 0 Å². The monoisotopic (exact) mass is 526 g/mol. The molecule has 1 aliphatic heterocycles. The number of rotatable bonds is 7. The normalized spacial score (nSPS) is 16.9. The lowest BCUT2D eigenvalue weighted by Crippen LogP contribution is -2.29. The van der Waals surface area contributed by atoms with Crippen molar-refractivity contribution in [2.75, 3.05) is 23.9 Å². The average molecular weight is 527 g/mol. The third-order valence-electron chi connectivity index (χ3n) is 6.79. The molecule has 0 unspecified atom stereocenters. The predicted molar refractivity (Wildman–Crippen MR) is 153 cm³/mol. The number of nitrogens with one attached hydrogen (secondary N) is 2. The standard InChI is InChI=1S/C29H30N6O2S/c1-18-8-7-15-31-28(18)34-19(2)16-23(20(34)3)27-26(24-9-5-6-14-30-24)33-29(38)35(27)22-12-10-21(11-13-22)32-25(36)17-37-4/h5-16,26-27H,17H2,1-4H3,(H,32,36)(H,33,38)/t26-,27-/m1/s1. The molecule has 1 aromatic carbocycles. The van der Waals surface area contributed by atoms with Crippen molar-refractivity contribution in [3.05, 3.63) is 101 Å². The zero-order valence-electron chi connectivity index (χ0n) is 21.8. The molecule has 0 spiro atoms. The highest BCUT2D eigenvalue weighted by molar-refractivity contribution is 7.80. The van der Waals surface area contributed by atoms with Crippen LogP contribution in [0.15, 0.2) is 73.1 Å². The second-order valence-electron chi connectivity index (χ2n) is 9.33. The molecule has 5 rings (SSSR count). The zero-order chi connectivity index (χ0) is 26.8. The maximum absolute atomic E-state index is 12.0. The molecule has 4 aromatic rings. The van der Waals surface area contributed by atoms with Gasteiger partial charge in [-0.3, -0.25) is 9.78 Å². The Morgan fingerprint density at radius 1 is 1.05 bits per heavy atom. The minimum atomic E-state index is -0.205. The zero-order valence-corrected chi connectivity index (χ0v) is 22.6. The van der Waals surface area contributed by atoms with Crippen LogP contribution in [-0.4, -0.2) is 39.3 Å². The number of hydrogen-bond acceptors (Lipinski definition) is 5. The Hall–Kier alpha value is -4.08. The Morgan fingerprint density at radius 3 is 2.50 bits per heavy atom. The Morgan fingerprint density at radius 2 is 1.82 bits per heavy atom. The molecular weight excluding hydrogens is 496 g/mol. The summed E-state index contributed by atoms with van der Waals surface area (Å²) in [4.78, 5) is 23.4. The van der Waals surface area contributed by atoms with Gasteiger partial charge in [0, 0.05) is 42.3 Å². The molecule has 1 aliphatic rings. The second-order valence-corrected chi connectivity index (χ2v) is 9.72. The smallest absolute Gasteiger partial charge is 0.250 e. The van der Waals surface area contributed by atoms with Gasteiger partial charge in [-0.05, 0) is 92.6 Å². The van der Waals surface area contributed by atoms with E-state index in [0.29, 0.717) is 10.8 Å². The van der Waals surface area contributed by atoms with Crippen molar-refractivity contribution in [2.45, 2.75) is 32.9 Å².